The van der Waals surface area contributed by atoms with Crippen LogP contribution in [0.3, 0.4) is 0 Å². The largest absolute Gasteiger partial charge is 0.348 e. The number of amides is 2. The number of carbonyl (C=O) groups is 2. The average molecular weight is 421 g/mol. The summed E-state index contributed by atoms with van der Waals surface area (Å²) in [5.74, 6) is -0.329. The number of likely N-dealkylation sites (N-methyl/N-ethyl adjacent to an activating group) is 1. The number of anilines is 1. The molecule has 0 atom stereocenters. The van der Waals surface area contributed by atoms with E-state index in [2.05, 4.69) is 27.6 Å². The summed E-state index contributed by atoms with van der Waals surface area (Å²) in [4.78, 5) is 33.0. The molecule has 2 aromatic carbocycles. The first-order valence-electron chi connectivity index (χ1n) is 9.90. The number of benzene rings is 2. The molecule has 6 nitrogen and oxygen atoms in total. The summed E-state index contributed by atoms with van der Waals surface area (Å²) in [6.07, 6.45) is 0.911. The Balaban J connectivity index is 1.38. The van der Waals surface area contributed by atoms with Crippen LogP contribution in [0.1, 0.15) is 42.4 Å². The van der Waals surface area contributed by atoms with Gasteiger partial charge in [-0.3, -0.25) is 14.9 Å². The standard InChI is InChI=1S/C23H24N4O2S/c1-15-6-8-17(9-7-15)21(28)24-13-16-4-3-5-18(12-16)22(29)26-23-25-19-10-11-27(2)14-20(19)30-23/h3-9,12H,10-11,13-14H2,1-2H3,(H,24,28)(H,25,26,29). The van der Waals surface area contributed by atoms with Crippen molar-refractivity contribution in [3.63, 3.8) is 0 Å². The molecule has 2 heterocycles. The highest BCUT2D eigenvalue weighted by Gasteiger charge is 2.19. The van der Waals surface area contributed by atoms with Crippen LogP contribution in [-0.4, -0.2) is 35.3 Å². The quantitative estimate of drug-likeness (QED) is 0.661. The fraction of sp³-hybridized carbons (Fsp3) is 0.261. The molecular weight excluding hydrogens is 396 g/mol. The Labute approximate surface area is 180 Å². The van der Waals surface area contributed by atoms with Crippen LogP contribution in [0.2, 0.25) is 0 Å². The molecule has 30 heavy (non-hydrogen) atoms. The van der Waals surface area contributed by atoms with Gasteiger partial charge in [-0.2, -0.15) is 0 Å². The van der Waals surface area contributed by atoms with Gasteiger partial charge in [0.25, 0.3) is 11.8 Å². The highest BCUT2D eigenvalue weighted by atomic mass is 32.1. The monoisotopic (exact) mass is 420 g/mol. The lowest BCUT2D eigenvalue weighted by molar-refractivity contribution is 0.0950. The van der Waals surface area contributed by atoms with Gasteiger partial charge in [0.2, 0.25) is 0 Å². The number of thiazole rings is 1. The number of rotatable bonds is 5. The van der Waals surface area contributed by atoms with Crippen LogP contribution in [-0.2, 0) is 19.5 Å². The molecule has 0 fully saturated rings. The van der Waals surface area contributed by atoms with E-state index in [0.717, 1.165) is 36.3 Å². The topological polar surface area (TPSA) is 74.3 Å². The van der Waals surface area contributed by atoms with E-state index < -0.39 is 0 Å². The predicted octanol–water partition coefficient (Wildman–Crippen LogP) is 3.62. The maximum absolute atomic E-state index is 12.7. The van der Waals surface area contributed by atoms with E-state index in [1.165, 1.54) is 16.2 Å². The number of carbonyl (C=O) groups excluding carboxylic acids is 2. The second kappa shape index (κ2) is 8.77. The smallest absolute Gasteiger partial charge is 0.257 e. The van der Waals surface area contributed by atoms with E-state index in [-0.39, 0.29) is 11.8 Å². The average Bonchev–Trinajstić information content (AvgIpc) is 3.14. The first-order chi connectivity index (χ1) is 14.5. The molecule has 0 saturated heterocycles. The molecule has 7 heteroatoms. The molecule has 1 aromatic heterocycles. The first kappa shape index (κ1) is 20.3. The zero-order valence-corrected chi connectivity index (χ0v) is 17.9. The molecule has 1 aliphatic heterocycles. The van der Waals surface area contributed by atoms with Gasteiger partial charge in [-0.25, -0.2) is 4.98 Å². The summed E-state index contributed by atoms with van der Waals surface area (Å²) in [6.45, 7) is 4.20. The molecule has 0 aliphatic carbocycles. The Bertz CT molecular complexity index is 1080. The third-order valence-electron chi connectivity index (χ3n) is 5.10. The van der Waals surface area contributed by atoms with Gasteiger partial charge in [-0.05, 0) is 43.8 Å². The zero-order valence-electron chi connectivity index (χ0n) is 17.1. The highest BCUT2D eigenvalue weighted by molar-refractivity contribution is 7.15. The van der Waals surface area contributed by atoms with E-state index in [1.807, 2.05) is 31.2 Å². The van der Waals surface area contributed by atoms with Crippen molar-refractivity contribution in [3.05, 3.63) is 81.4 Å². The molecule has 3 aromatic rings. The maximum atomic E-state index is 12.7. The summed E-state index contributed by atoms with van der Waals surface area (Å²) in [7, 11) is 2.09. The molecule has 2 N–H and O–H groups in total. The van der Waals surface area contributed by atoms with Crippen LogP contribution in [0.4, 0.5) is 5.13 Å². The highest BCUT2D eigenvalue weighted by Crippen LogP contribution is 2.28. The van der Waals surface area contributed by atoms with Crippen molar-refractivity contribution in [2.75, 3.05) is 18.9 Å². The van der Waals surface area contributed by atoms with Crippen LogP contribution in [0.5, 0.6) is 0 Å². The van der Waals surface area contributed by atoms with Crippen LogP contribution in [0, 0.1) is 6.92 Å². The Morgan fingerprint density at radius 2 is 1.90 bits per heavy atom. The van der Waals surface area contributed by atoms with Gasteiger partial charge in [0.15, 0.2) is 5.13 Å². The SMILES string of the molecule is Cc1ccc(C(=O)NCc2cccc(C(=O)Nc3nc4c(s3)CN(C)CC4)c2)cc1. The van der Waals surface area contributed by atoms with Crippen molar-refractivity contribution in [1.82, 2.24) is 15.2 Å². The van der Waals surface area contributed by atoms with Gasteiger partial charge < -0.3 is 10.2 Å². The van der Waals surface area contributed by atoms with Gasteiger partial charge in [0.05, 0.1) is 5.69 Å². The minimum atomic E-state index is -0.193. The van der Waals surface area contributed by atoms with Gasteiger partial charge in [-0.1, -0.05) is 29.8 Å². The van der Waals surface area contributed by atoms with Crippen LogP contribution in [0.25, 0.3) is 0 Å². The van der Waals surface area contributed by atoms with Gasteiger partial charge in [-0.15, -0.1) is 11.3 Å². The number of hydrogen-bond acceptors (Lipinski definition) is 5. The van der Waals surface area contributed by atoms with Crippen LogP contribution in [0.15, 0.2) is 48.5 Å². The molecule has 0 bridgehead atoms. The van der Waals surface area contributed by atoms with E-state index >= 15 is 0 Å². The van der Waals surface area contributed by atoms with E-state index in [9.17, 15) is 9.59 Å². The summed E-state index contributed by atoms with van der Waals surface area (Å²) in [6, 6.07) is 14.7. The Morgan fingerprint density at radius 1 is 1.10 bits per heavy atom. The number of nitrogens with zero attached hydrogens (tertiary/aromatic N) is 2. The third-order valence-corrected chi connectivity index (χ3v) is 6.10. The fourth-order valence-electron chi connectivity index (χ4n) is 3.36. The molecule has 154 valence electrons. The number of aryl methyl sites for hydroxylation is 1. The van der Waals surface area contributed by atoms with Crippen molar-refractivity contribution < 1.29 is 9.59 Å². The summed E-state index contributed by atoms with van der Waals surface area (Å²) in [5, 5.41) is 6.46. The Hall–Kier alpha value is -3.03. The molecule has 1 aliphatic rings. The molecule has 4 rings (SSSR count). The minimum absolute atomic E-state index is 0.136. The van der Waals surface area contributed by atoms with E-state index in [0.29, 0.717) is 22.8 Å². The number of nitrogens with one attached hydrogen (secondary N) is 2. The van der Waals surface area contributed by atoms with Gasteiger partial charge >= 0.3 is 0 Å². The van der Waals surface area contributed by atoms with Gasteiger partial charge in [0, 0.05) is 42.1 Å². The van der Waals surface area contributed by atoms with Crippen LogP contribution >= 0.6 is 11.3 Å². The molecular formula is C23H24N4O2S. The van der Waals surface area contributed by atoms with E-state index in [4.69, 9.17) is 0 Å². The maximum Gasteiger partial charge on any atom is 0.257 e. The lowest BCUT2D eigenvalue weighted by atomic mass is 10.1. The molecule has 0 spiro atoms. The molecule has 2 amide bonds. The van der Waals surface area contributed by atoms with Crippen molar-refractivity contribution in [1.29, 1.82) is 0 Å². The van der Waals surface area contributed by atoms with Crippen molar-refractivity contribution >= 4 is 28.3 Å². The molecule has 0 saturated carbocycles. The number of fused-ring (bicyclic) bond motifs is 1. The predicted molar refractivity (Wildman–Crippen MR) is 119 cm³/mol. The summed E-state index contributed by atoms with van der Waals surface area (Å²) < 4.78 is 0. The van der Waals surface area contributed by atoms with Crippen molar-refractivity contribution in [2.24, 2.45) is 0 Å². The second-order valence-corrected chi connectivity index (χ2v) is 8.66. The normalized spacial score (nSPS) is 13.5. The lowest BCUT2D eigenvalue weighted by Gasteiger charge is -2.20. The fourth-order valence-corrected chi connectivity index (χ4v) is 4.44. The lowest BCUT2D eigenvalue weighted by Crippen LogP contribution is -2.25. The van der Waals surface area contributed by atoms with Gasteiger partial charge in [0.1, 0.15) is 0 Å². The number of aromatic nitrogens is 1. The van der Waals surface area contributed by atoms with Crippen molar-refractivity contribution in [2.45, 2.75) is 26.4 Å². The molecule has 0 radical (unpaired) electrons. The first-order valence-corrected chi connectivity index (χ1v) is 10.7. The Morgan fingerprint density at radius 3 is 2.70 bits per heavy atom. The van der Waals surface area contributed by atoms with E-state index in [1.54, 1.807) is 24.3 Å². The minimum Gasteiger partial charge on any atom is -0.348 e. The number of hydrogen-bond donors (Lipinski definition) is 2. The summed E-state index contributed by atoms with van der Waals surface area (Å²) in [5.41, 5.74) is 4.22. The summed E-state index contributed by atoms with van der Waals surface area (Å²) >= 11 is 1.54. The second-order valence-electron chi connectivity index (χ2n) is 7.58. The Kier molecular flexibility index (Phi) is 5.92. The molecule has 0 unspecified atom stereocenters. The zero-order chi connectivity index (χ0) is 21.1. The third kappa shape index (κ3) is 4.75. The van der Waals surface area contributed by atoms with Crippen LogP contribution < -0.4 is 10.6 Å². The van der Waals surface area contributed by atoms with Crippen molar-refractivity contribution in [3.8, 4) is 0 Å².